The molecule has 0 radical (unpaired) electrons. The normalized spacial score (nSPS) is 20.2. The van der Waals surface area contributed by atoms with E-state index in [9.17, 15) is 19.0 Å². The quantitative estimate of drug-likeness (QED) is 0.480. The maximum absolute atomic E-state index is 12.1. The van der Waals surface area contributed by atoms with Gasteiger partial charge in [-0.25, -0.2) is 4.21 Å². The third kappa shape index (κ3) is 4.44. The number of hydrazone groups is 1. The first-order valence-electron chi connectivity index (χ1n) is 9.60. The molecule has 30 heavy (non-hydrogen) atoms. The maximum atomic E-state index is 12.1. The van der Waals surface area contributed by atoms with Gasteiger partial charge in [0.05, 0.1) is 29.1 Å². The zero-order valence-electron chi connectivity index (χ0n) is 16.8. The lowest BCUT2D eigenvalue weighted by Gasteiger charge is -2.40. The van der Waals surface area contributed by atoms with Crippen molar-refractivity contribution in [1.29, 1.82) is 0 Å². The standard InChI is InChI=1S/C21H26ClN3O4S/c1-13(26)21(23,14(2)27)20(30(28)29)16-5-9-18(10-6-16)25-12-11-19(24-25)15-3-7-17(22)8-4-15/h3-10,13-14,20,26-27H,11-12,23H2,1-2H3,(H,28,29). The Kier molecular flexibility index (Phi) is 6.96. The molecule has 0 saturated carbocycles. The molecule has 1 aliphatic rings. The van der Waals surface area contributed by atoms with E-state index < -0.39 is 34.1 Å². The Hall–Kier alpha value is -1.81. The minimum Gasteiger partial charge on any atom is -0.391 e. The molecular formula is C21H26ClN3O4S. The molecule has 0 spiro atoms. The van der Waals surface area contributed by atoms with Crippen molar-refractivity contribution in [2.75, 3.05) is 11.6 Å². The van der Waals surface area contributed by atoms with Crippen LogP contribution < -0.4 is 10.7 Å². The molecule has 7 nitrogen and oxygen atoms in total. The van der Waals surface area contributed by atoms with Crippen molar-refractivity contribution >= 4 is 34.1 Å². The average molecular weight is 452 g/mol. The summed E-state index contributed by atoms with van der Waals surface area (Å²) in [6, 6.07) is 14.4. The number of halogens is 1. The molecule has 162 valence electrons. The summed E-state index contributed by atoms with van der Waals surface area (Å²) in [7, 11) is 0. The van der Waals surface area contributed by atoms with Crippen LogP contribution in [0.25, 0.3) is 0 Å². The Morgan fingerprint density at radius 1 is 1.10 bits per heavy atom. The minimum absolute atomic E-state index is 0.449. The van der Waals surface area contributed by atoms with Crippen molar-refractivity contribution in [1.82, 2.24) is 0 Å². The van der Waals surface area contributed by atoms with Crippen LogP contribution in [-0.2, 0) is 11.1 Å². The summed E-state index contributed by atoms with van der Waals surface area (Å²) in [5.41, 5.74) is 7.77. The summed E-state index contributed by atoms with van der Waals surface area (Å²) in [4.78, 5) is 0. The van der Waals surface area contributed by atoms with E-state index in [0.717, 1.165) is 23.4 Å². The van der Waals surface area contributed by atoms with Gasteiger partial charge in [-0.3, -0.25) is 5.01 Å². The Morgan fingerprint density at radius 2 is 1.67 bits per heavy atom. The highest BCUT2D eigenvalue weighted by Gasteiger charge is 2.47. The fraction of sp³-hybridized carbons (Fsp3) is 0.381. The number of hydrogen-bond donors (Lipinski definition) is 4. The van der Waals surface area contributed by atoms with Crippen LogP contribution in [0, 0.1) is 0 Å². The molecule has 4 atom stereocenters. The molecule has 0 saturated heterocycles. The van der Waals surface area contributed by atoms with Gasteiger partial charge in [0.2, 0.25) is 0 Å². The molecule has 1 aliphatic heterocycles. The van der Waals surface area contributed by atoms with Crippen molar-refractivity contribution in [2.24, 2.45) is 10.8 Å². The molecule has 0 fully saturated rings. The van der Waals surface area contributed by atoms with E-state index in [2.05, 4.69) is 5.10 Å². The number of aliphatic hydroxyl groups is 2. The van der Waals surface area contributed by atoms with E-state index in [1.165, 1.54) is 13.8 Å². The van der Waals surface area contributed by atoms with Crippen molar-refractivity contribution in [3.8, 4) is 0 Å². The third-order valence-electron chi connectivity index (χ3n) is 5.58. The average Bonchev–Trinajstić information content (AvgIpc) is 3.18. The van der Waals surface area contributed by atoms with E-state index in [4.69, 9.17) is 17.3 Å². The first-order valence-corrected chi connectivity index (χ1v) is 11.1. The second kappa shape index (κ2) is 9.13. The number of nitrogens with two attached hydrogens (primary N) is 1. The maximum Gasteiger partial charge on any atom is 0.162 e. The summed E-state index contributed by atoms with van der Waals surface area (Å²) in [6.07, 6.45) is -1.63. The highest BCUT2D eigenvalue weighted by atomic mass is 35.5. The van der Waals surface area contributed by atoms with Crippen LogP contribution >= 0.6 is 11.6 Å². The molecule has 0 amide bonds. The molecule has 1 heterocycles. The van der Waals surface area contributed by atoms with E-state index in [1.54, 1.807) is 24.3 Å². The van der Waals surface area contributed by atoms with Crippen LogP contribution in [0.4, 0.5) is 5.69 Å². The monoisotopic (exact) mass is 451 g/mol. The van der Waals surface area contributed by atoms with Gasteiger partial charge in [-0.1, -0.05) is 35.9 Å². The van der Waals surface area contributed by atoms with E-state index >= 15 is 0 Å². The molecule has 5 N–H and O–H groups in total. The number of hydrogen-bond acceptors (Lipinski definition) is 6. The molecule has 4 unspecified atom stereocenters. The first kappa shape index (κ1) is 22.9. The predicted octanol–water partition coefficient (Wildman–Crippen LogP) is 2.68. The largest absolute Gasteiger partial charge is 0.391 e. The van der Waals surface area contributed by atoms with Gasteiger partial charge in [0.1, 0.15) is 5.25 Å². The van der Waals surface area contributed by atoms with Crippen molar-refractivity contribution in [3.63, 3.8) is 0 Å². The fourth-order valence-electron chi connectivity index (χ4n) is 3.68. The van der Waals surface area contributed by atoms with Gasteiger partial charge in [0.25, 0.3) is 0 Å². The molecule has 2 aromatic rings. The number of rotatable bonds is 7. The zero-order chi connectivity index (χ0) is 22.1. The smallest absolute Gasteiger partial charge is 0.162 e. The van der Waals surface area contributed by atoms with Crippen LogP contribution in [-0.4, -0.2) is 49.0 Å². The number of anilines is 1. The molecule has 0 aliphatic carbocycles. The molecule has 0 bridgehead atoms. The van der Waals surface area contributed by atoms with Crippen LogP contribution in [0.2, 0.25) is 5.02 Å². The van der Waals surface area contributed by atoms with E-state index in [1.807, 2.05) is 29.3 Å². The van der Waals surface area contributed by atoms with Crippen molar-refractivity contribution < 1.29 is 19.0 Å². The second-order valence-corrected chi connectivity index (χ2v) is 8.99. The number of benzene rings is 2. The van der Waals surface area contributed by atoms with Crippen LogP contribution in [0.5, 0.6) is 0 Å². The van der Waals surface area contributed by atoms with Gasteiger partial charge in [-0.15, -0.1) is 0 Å². The van der Waals surface area contributed by atoms with Gasteiger partial charge in [-0.2, -0.15) is 5.10 Å². The van der Waals surface area contributed by atoms with Gasteiger partial charge < -0.3 is 20.5 Å². The minimum atomic E-state index is -2.40. The first-order chi connectivity index (χ1) is 14.1. The lowest BCUT2D eigenvalue weighted by molar-refractivity contribution is 0.00422. The topological polar surface area (TPSA) is 119 Å². The fourth-order valence-corrected chi connectivity index (χ4v) is 4.94. The highest BCUT2D eigenvalue weighted by molar-refractivity contribution is 7.79. The Labute approximate surface area is 183 Å². The highest BCUT2D eigenvalue weighted by Crippen LogP contribution is 2.36. The van der Waals surface area contributed by atoms with Crippen molar-refractivity contribution in [3.05, 3.63) is 64.7 Å². The van der Waals surface area contributed by atoms with Crippen molar-refractivity contribution in [2.45, 2.75) is 43.3 Å². The summed E-state index contributed by atoms with van der Waals surface area (Å²) < 4.78 is 22.0. The number of aliphatic hydroxyl groups excluding tert-OH is 2. The van der Waals surface area contributed by atoms with E-state index in [-0.39, 0.29) is 0 Å². The Balaban J connectivity index is 1.86. The summed E-state index contributed by atoms with van der Waals surface area (Å²) in [5, 5.41) is 26.3. The van der Waals surface area contributed by atoms with E-state index in [0.29, 0.717) is 17.1 Å². The van der Waals surface area contributed by atoms with Crippen LogP contribution in [0.3, 0.4) is 0 Å². The SMILES string of the molecule is CC(O)C(N)(C(C)O)C(c1ccc(N2CCC(c3ccc(Cl)cc3)=N2)cc1)S(=O)O. The predicted molar refractivity (Wildman–Crippen MR) is 120 cm³/mol. The molecule has 3 rings (SSSR count). The Morgan fingerprint density at radius 3 is 2.17 bits per heavy atom. The molecule has 0 aromatic heterocycles. The van der Waals surface area contributed by atoms with Crippen LogP contribution in [0.15, 0.2) is 53.6 Å². The third-order valence-corrected chi connectivity index (χ3v) is 6.91. The second-order valence-electron chi connectivity index (χ2n) is 7.53. The number of nitrogens with zero attached hydrogens (tertiary/aromatic N) is 2. The summed E-state index contributed by atoms with van der Waals surface area (Å²) >= 11 is 3.54. The lowest BCUT2D eigenvalue weighted by Crippen LogP contribution is -2.62. The Bertz CT molecular complexity index is 924. The van der Waals surface area contributed by atoms with Gasteiger partial charge in [-0.05, 0) is 49.2 Å². The van der Waals surface area contributed by atoms with Gasteiger partial charge >= 0.3 is 0 Å². The van der Waals surface area contributed by atoms with Gasteiger partial charge in [0.15, 0.2) is 11.1 Å². The summed E-state index contributed by atoms with van der Waals surface area (Å²) in [6.45, 7) is 3.51. The molecule has 9 heteroatoms. The lowest BCUT2D eigenvalue weighted by atomic mass is 9.82. The summed E-state index contributed by atoms with van der Waals surface area (Å²) in [5.74, 6) is 0. The molecule has 2 aromatic carbocycles. The zero-order valence-corrected chi connectivity index (χ0v) is 18.3. The molecular weight excluding hydrogens is 426 g/mol. The van der Waals surface area contributed by atoms with Gasteiger partial charge in [0, 0.05) is 18.0 Å². The van der Waals surface area contributed by atoms with Crippen LogP contribution in [0.1, 0.15) is 36.6 Å².